The number of imidazole rings is 1. The first-order chi connectivity index (χ1) is 16.8. The molecule has 1 aliphatic rings. The van der Waals surface area contributed by atoms with Crippen LogP contribution in [-0.4, -0.2) is 28.5 Å². The molecular weight excluding hydrogens is 496 g/mol. The first kappa shape index (κ1) is 27.6. The van der Waals surface area contributed by atoms with Gasteiger partial charge in [-0.2, -0.15) is 0 Å². The zero-order chi connectivity index (χ0) is 26.5. The monoisotopic (exact) mass is 526 g/mol. The van der Waals surface area contributed by atoms with Gasteiger partial charge >= 0.3 is 6.36 Å². The van der Waals surface area contributed by atoms with E-state index in [0.717, 1.165) is 36.1 Å². The van der Waals surface area contributed by atoms with Crippen molar-refractivity contribution in [2.45, 2.75) is 52.8 Å². The molecule has 1 saturated carbocycles. The molecule has 0 radical (unpaired) electrons. The highest BCUT2D eigenvalue weighted by atomic mass is 32.2. The maximum atomic E-state index is 14.1. The van der Waals surface area contributed by atoms with Crippen LogP contribution >= 0.6 is 11.9 Å². The zero-order valence-corrected chi connectivity index (χ0v) is 21.4. The van der Waals surface area contributed by atoms with Gasteiger partial charge in [-0.1, -0.05) is 45.6 Å². The van der Waals surface area contributed by atoms with Crippen molar-refractivity contribution in [2.75, 3.05) is 11.6 Å². The quantitative estimate of drug-likeness (QED) is 0.236. The Hall–Kier alpha value is -2.95. The number of fused-ring (bicyclic) bond motifs is 1. The Bertz CT molecular complexity index is 1180. The van der Waals surface area contributed by atoms with E-state index in [4.69, 9.17) is 0 Å². The fraction of sp³-hybridized carbons (Fsp3) is 0.440. The summed E-state index contributed by atoms with van der Waals surface area (Å²) in [5, 5.41) is 2.85. The number of alkyl halides is 3. The molecule has 0 bridgehead atoms. The van der Waals surface area contributed by atoms with Crippen LogP contribution in [0.1, 0.15) is 56.8 Å². The standard InChI is InChI=1S/C16H12F4N4O2S.C9H18/c1-27-24-14(25)10-6-12-13(7-11(10)17)23-15(22-12)21-8-2-4-9(5-3-8)26-16(18,19)20;1-8-5-4-6-9(2,3)7-8/h2-7H,1H3,(H,24,25)(H2,21,22,23);8H,4-7H2,1-3H3/t;8-/m.1/s1. The van der Waals surface area contributed by atoms with Crippen molar-refractivity contribution in [3.63, 3.8) is 0 Å². The lowest BCUT2D eigenvalue weighted by atomic mass is 9.73. The number of nitrogens with zero attached hydrogens (tertiary/aromatic N) is 1. The van der Waals surface area contributed by atoms with Crippen molar-refractivity contribution in [2.24, 2.45) is 11.3 Å². The molecule has 1 amide bonds. The fourth-order valence-corrected chi connectivity index (χ4v) is 4.66. The van der Waals surface area contributed by atoms with Gasteiger partial charge in [-0.3, -0.25) is 9.52 Å². The van der Waals surface area contributed by atoms with Crippen molar-refractivity contribution in [1.29, 1.82) is 0 Å². The molecule has 1 atom stereocenters. The van der Waals surface area contributed by atoms with Gasteiger partial charge in [-0.15, -0.1) is 13.2 Å². The largest absolute Gasteiger partial charge is 0.573 e. The lowest BCUT2D eigenvalue weighted by molar-refractivity contribution is -0.274. The Labute approximate surface area is 211 Å². The van der Waals surface area contributed by atoms with Gasteiger partial charge in [0.1, 0.15) is 11.6 Å². The molecule has 1 aliphatic carbocycles. The first-order valence-electron chi connectivity index (χ1n) is 11.5. The molecule has 2 aromatic carbocycles. The van der Waals surface area contributed by atoms with E-state index in [0.29, 0.717) is 22.1 Å². The van der Waals surface area contributed by atoms with E-state index >= 15 is 0 Å². The van der Waals surface area contributed by atoms with E-state index in [-0.39, 0.29) is 17.3 Å². The number of anilines is 2. The predicted molar refractivity (Wildman–Crippen MR) is 135 cm³/mol. The number of rotatable bonds is 5. The number of hydrogen-bond acceptors (Lipinski definition) is 5. The number of benzene rings is 2. The van der Waals surface area contributed by atoms with Gasteiger partial charge in [0.25, 0.3) is 5.91 Å². The summed E-state index contributed by atoms with van der Waals surface area (Å²) in [6, 6.07) is 7.46. The number of carbonyl (C=O) groups is 1. The summed E-state index contributed by atoms with van der Waals surface area (Å²) in [6.07, 6.45) is 2.66. The van der Waals surface area contributed by atoms with Crippen LogP contribution in [0.2, 0.25) is 0 Å². The average Bonchev–Trinajstić information content (AvgIpc) is 3.14. The summed E-state index contributed by atoms with van der Waals surface area (Å²) in [5.74, 6) is -0.438. The number of carbonyl (C=O) groups excluding carboxylic acids is 1. The van der Waals surface area contributed by atoms with E-state index in [1.165, 1.54) is 43.9 Å². The van der Waals surface area contributed by atoms with Crippen LogP contribution in [-0.2, 0) is 0 Å². The van der Waals surface area contributed by atoms with Crippen molar-refractivity contribution >= 4 is 40.5 Å². The number of ether oxygens (including phenoxy) is 1. The van der Waals surface area contributed by atoms with Crippen molar-refractivity contribution in [3.05, 3.63) is 47.8 Å². The average molecular weight is 527 g/mol. The molecule has 3 aromatic rings. The second-order valence-electron chi connectivity index (χ2n) is 9.63. The van der Waals surface area contributed by atoms with Gasteiger partial charge in [0, 0.05) is 18.0 Å². The molecule has 1 fully saturated rings. The lowest BCUT2D eigenvalue weighted by Gasteiger charge is -2.33. The SMILES string of the molecule is CSNC(=O)c1cc2nc(Nc3ccc(OC(F)(F)F)cc3)[nH]c2cc1F.C[C@@H]1CCCC(C)(C)C1. The van der Waals surface area contributed by atoms with E-state index in [1.54, 1.807) is 6.26 Å². The Morgan fingerprint density at radius 3 is 2.47 bits per heavy atom. The highest BCUT2D eigenvalue weighted by Gasteiger charge is 2.31. The Morgan fingerprint density at radius 2 is 1.92 bits per heavy atom. The smallest absolute Gasteiger partial charge is 0.406 e. The molecule has 3 N–H and O–H groups in total. The number of hydrogen-bond donors (Lipinski definition) is 3. The van der Waals surface area contributed by atoms with Crippen LogP contribution < -0.4 is 14.8 Å². The lowest BCUT2D eigenvalue weighted by Crippen LogP contribution is -2.20. The topological polar surface area (TPSA) is 79.0 Å². The molecule has 0 saturated heterocycles. The first-order valence-corrected chi connectivity index (χ1v) is 12.7. The summed E-state index contributed by atoms with van der Waals surface area (Å²) in [7, 11) is 0. The molecule has 11 heteroatoms. The second kappa shape index (κ2) is 11.4. The summed E-state index contributed by atoms with van der Waals surface area (Å²) in [6.45, 7) is 7.16. The number of halogens is 4. The second-order valence-corrected chi connectivity index (χ2v) is 10.2. The van der Waals surface area contributed by atoms with E-state index in [2.05, 4.69) is 45.5 Å². The van der Waals surface area contributed by atoms with E-state index in [1.807, 2.05) is 0 Å². The third-order valence-corrected chi connectivity index (χ3v) is 6.20. The van der Waals surface area contributed by atoms with Gasteiger partial charge in [0.2, 0.25) is 5.95 Å². The minimum absolute atomic E-state index is 0.149. The Balaban J connectivity index is 0.000000338. The van der Waals surface area contributed by atoms with Crippen LogP contribution in [0.3, 0.4) is 0 Å². The van der Waals surface area contributed by atoms with Gasteiger partial charge < -0.3 is 15.0 Å². The molecule has 36 heavy (non-hydrogen) atoms. The normalized spacial score (nSPS) is 17.2. The van der Waals surface area contributed by atoms with Crippen molar-refractivity contribution in [1.82, 2.24) is 14.7 Å². The summed E-state index contributed by atoms with van der Waals surface area (Å²) >= 11 is 1.04. The Kier molecular flexibility index (Phi) is 8.76. The van der Waals surface area contributed by atoms with Crippen LogP contribution in [0.4, 0.5) is 29.2 Å². The molecule has 196 valence electrons. The van der Waals surface area contributed by atoms with Gasteiger partial charge in [-0.05, 0) is 54.5 Å². The zero-order valence-electron chi connectivity index (χ0n) is 20.6. The van der Waals surface area contributed by atoms with E-state index in [9.17, 15) is 22.4 Å². The van der Waals surface area contributed by atoms with Crippen LogP contribution in [0.15, 0.2) is 36.4 Å². The third-order valence-electron chi connectivity index (χ3n) is 5.81. The minimum Gasteiger partial charge on any atom is -0.406 e. The predicted octanol–water partition coefficient (Wildman–Crippen LogP) is 7.57. The summed E-state index contributed by atoms with van der Waals surface area (Å²) in [4.78, 5) is 18.8. The van der Waals surface area contributed by atoms with E-state index < -0.39 is 18.1 Å². The van der Waals surface area contributed by atoms with Gasteiger partial charge in [0.15, 0.2) is 0 Å². The Morgan fingerprint density at radius 1 is 1.22 bits per heavy atom. The van der Waals surface area contributed by atoms with Crippen LogP contribution in [0, 0.1) is 17.2 Å². The van der Waals surface area contributed by atoms with Gasteiger partial charge in [0.05, 0.1) is 16.6 Å². The fourth-order valence-electron chi connectivity index (χ4n) is 4.36. The number of H-pyrrole nitrogens is 1. The summed E-state index contributed by atoms with van der Waals surface area (Å²) in [5.41, 5.74) is 1.64. The molecule has 4 rings (SSSR count). The van der Waals surface area contributed by atoms with Crippen LogP contribution in [0.5, 0.6) is 5.75 Å². The molecule has 1 aromatic heterocycles. The number of amides is 1. The molecule has 1 heterocycles. The van der Waals surface area contributed by atoms with Crippen LogP contribution in [0.25, 0.3) is 11.0 Å². The highest BCUT2D eigenvalue weighted by molar-refractivity contribution is 7.97. The number of nitrogens with one attached hydrogen (secondary N) is 3. The van der Waals surface area contributed by atoms with Crippen molar-refractivity contribution < 1.29 is 27.1 Å². The third kappa shape index (κ3) is 8.04. The van der Waals surface area contributed by atoms with Crippen molar-refractivity contribution in [3.8, 4) is 5.75 Å². The molecule has 0 spiro atoms. The molecule has 6 nitrogen and oxygen atoms in total. The molecular formula is C25H30F4N4O2S. The minimum atomic E-state index is -4.77. The molecule has 0 unspecified atom stereocenters. The number of aromatic nitrogens is 2. The van der Waals surface area contributed by atoms with Gasteiger partial charge in [-0.25, -0.2) is 9.37 Å². The maximum Gasteiger partial charge on any atom is 0.573 e. The summed E-state index contributed by atoms with van der Waals surface area (Å²) < 4.78 is 56.8. The number of aromatic amines is 1. The highest BCUT2D eigenvalue weighted by Crippen LogP contribution is 2.38. The maximum absolute atomic E-state index is 14.1. The molecule has 0 aliphatic heterocycles.